The van der Waals surface area contributed by atoms with Gasteiger partial charge in [0.2, 0.25) is 0 Å². The molecule has 0 aromatic heterocycles. The summed E-state index contributed by atoms with van der Waals surface area (Å²) in [5, 5.41) is 0. The number of esters is 1. The molecular weight excluding hydrogens is 318 g/mol. The zero-order valence-electron chi connectivity index (χ0n) is 14.0. The van der Waals surface area contributed by atoms with E-state index in [9.17, 15) is 9.59 Å². The first kappa shape index (κ1) is 16.8. The highest BCUT2D eigenvalue weighted by Crippen LogP contribution is 2.23. The average molecular weight is 337 g/mol. The molecule has 25 heavy (non-hydrogen) atoms. The summed E-state index contributed by atoms with van der Waals surface area (Å²) in [6, 6.07) is 6.47. The van der Waals surface area contributed by atoms with Gasteiger partial charge in [0.15, 0.2) is 0 Å². The van der Waals surface area contributed by atoms with Crippen molar-refractivity contribution in [2.24, 2.45) is 0 Å². The molecule has 1 amide bonds. The quantitative estimate of drug-likeness (QED) is 0.781. The van der Waals surface area contributed by atoms with Crippen LogP contribution in [-0.4, -0.2) is 23.9 Å². The maximum atomic E-state index is 12.7. The predicted octanol–water partition coefficient (Wildman–Crippen LogP) is 3.92. The predicted molar refractivity (Wildman–Crippen MR) is 93.3 cm³/mol. The molecule has 0 fully saturated rings. The van der Waals surface area contributed by atoms with Crippen LogP contribution in [0.4, 0.5) is 0 Å². The van der Waals surface area contributed by atoms with Crippen LogP contribution in [-0.2, 0) is 9.47 Å². The highest BCUT2D eigenvalue weighted by atomic mass is 16.5. The largest absolute Gasteiger partial charge is 0.466 e. The van der Waals surface area contributed by atoms with Crippen molar-refractivity contribution >= 4 is 11.9 Å². The molecule has 1 aliphatic carbocycles. The summed E-state index contributed by atoms with van der Waals surface area (Å²) in [4.78, 5) is 25.8. The van der Waals surface area contributed by atoms with Gasteiger partial charge in [-0.05, 0) is 31.0 Å². The molecule has 0 saturated carbocycles. The number of allylic oxidation sites excluding steroid dienone is 4. The third kappa shape index (κ3) is 4.07. The number of carbonyl (C=O) groups excluding carboxylic acids is 2. The van der Waals surface area contributed by atoms with Gasteiger partial charge in [-0.25, -0.2) is 4.79 Å². The summed E-state index contributed by atoms with van der Waals surface area (Å²) in [6.07, 6.45) is 13.7. The highest BCUT2D eigenvalue weighted by Gasteiger charge is 2.18. The van der Waals surface area contributed by atoms with Crippen molar-refractivity contribution in [3.63, 3.8) is 0 Å². The number of amides is 1. The fourth-order valence-corrected chi connectivity index (χ4v) is 2.70. The van der Waals surface area contributed by atoms with Gasteiger partial charge in [-0.1, -0.05) is 29.9 Å². The number of methoxy groups -OCH3 is 1. The summed E-state index contributed by atoms with van der Waals surface area (Å²) in [5.74, 6) is 0.00235. The second-order valence-electron chi connectivity index (χ2n) is 5.75. The zero-order valence-corrected chi connectivity index (χ0v) is 14.0. The second-order valence-corrected chi connectivity index (χ2v) is 5.75. The Hall–Kier alpha value is -3.08. The van der Waals surface area contributed by atoms with E-state index in [2.05, 4.69) is 12.2 Å². The van der Waals surface area contributed by atoms with Gasteiger partial charge in [-0.3, -0.25) is 9.69 Å². The third-order valence-corrected chi connectivity index (χ3v) is 3.99. The molecule has 5 nitrogen and oxygen atoms in total. The van der Waals surface area contributed by atoms with E-state index in [0.29, 0.717) is 23.3 Å². The normalized spacial score (nSPS) is 16.0. The Bertz CT molecular complexity index is 802. The lowest BCUT2D eigenvalue weighted by molar-refractivity contribution is 0.0600. The number of rotatable bonds is 4. The molecule has 1 aliphatic heterocycles. The average Bonchev–Trinajstić information content (AvgIpc) is 2.68. The smallest absolute Gasteiger partial charge is 0.337 e. The van der Waals surface area contributed by atoms with E-state index in [1.54, 1.807) is 30.6 Å². The summed E-state index contributed by atoms with van der Waals surface area (Å²) >= 11 is 0. The SMILES string of the molecule is COC(=O)c1cccc(C(=O)N2C=COC(CC3=CC=CCC3)=C2)c1. The minimum atomic E-state index is -0.472. The number of carbonyl (C=O) groups is 2. The maximum absolute atomic E-state index is 12.7. The van der Waals surface area contributed by atoms with Crippen molar-refractivity contribution in [1.82, 2.24) is 4.90 Å². The molecule has 0 bridgehead atoms. The van der Waals surface area contributed by atoms with E-state index in [4.69, 9.17) is 9.47 Å². The van der Waals surface area contributed by atoms with Crippen LogP contribution in [0.1, 0.15) is 40.0 Å². The van der Waals surface area contributed by atoms with E-state index in [1.165, 1.54) is 29.9 Å². The Morgan fingerprint density at radius 1 is 1.28 bits per heavy atom. The molecule has 1 aromatic rings. The molecule has 0 saturated heterocycles. The lowest BCUT2D eigenvalue weighted by atomic mass is 10.0. The zero-order chi connectivity index (χ0) is 17.6. The molecule has 3 rings (SSSR count). The summed E-state index contributed by atoms with van der Waals surface area (Å²) in [5.41, 5.74) is 2.02. The molecule has 1 aromatic carbocycles. The molecule has 0 spiro atoms. The first-order valence-corrected chi connectivity index (χ1v) is 8.07. The second kappa shape index (κ2) is 7.66. The first-order chi connectivity index (χ1) is 12.2. The lowest BCUT2D eigenvalue weighted by Crippen LogP contribution is -2.23. The summed E-state index contributed by atoms with van der Waals surface area (Å²) in [6.45, 7) is 0. The number of ether oxygens (including phenoxy) is 2. The van der Waals surface area contributed by atoms with Crippen LogP contribution in [0.5, 0.6) is 0 Å². The molecule has 128 valence electrons. The topological polar surface area (TPSA) is 55.8 Å². The van der Waals surface area contributed by atoms with Crippen molar-refractivity contribution in [3.05, 3.63) is 83.6 Å². The molecule has 0 unspecified atom stereocenters. The van der Waals surface area contributed by atoms with Crippen molar-refractivity contribution in [1.29, 1.82) is 0 Å². The van der Waals surface area contributed by atoms with Crippen LogP contribution in [0.15, 0.2) is 72.5 Å². The molecule has 0 atom stereocenters. The van der Waals surface area contributed by atoms with Gasteiger partial charge in [0.1, 0.15) is 12.0 Å². The van der Waals surface area contributed by atoms with Gasteiger partial charge in [0.25, 0.3) is 5.91 Å². The van der Waals surface area contributed by atoms with Gasteiger partial charge in [-0.15, -0.1) is 0 Å². The number of benzene rings is 1. The fraction of sp³-hybridized carbons (Fsp3) is 0.200. The number of nitrogens with zero attached hydrogens (tertiary/aromatic N) is 1. The van der Waals surface area contributed by atoms with E-state index >= 15 is 0 Å². The van der Waals surface area contributed by atoms with Gasteiger partial charge >= 0.3 is 5.97 Å². The van der Waals surface area contributed by atoms with Crippen molar-refractivity contribution in [2.45, 2.75) is 19.3 Å². The molecule has 1 heterocycles. The van der Waals surface area contributed by atoms with Crippen molar-refractivity contribution in [3.8, 4) is 0 Å². The lowest BCUT2D eigenvalue weighted by Gasteiger charge is -2.21. The minimum Gasteiger partial charge on any atom is -0.466 e. The van der Waals surface area contributed by atoms with Crippen LogP contribution in [0.2, 0.25) is 0 Å². The Balaban J connectivity index is 1.76. The number of hydrogen-bond acceptors (Lipinski definition) is 4. The Kier molecular flexibility index (Phi) is 5.14. The van der Waals surface area contributed by atoms with Gasteiger partial charge < -0.3 is 9.47 Å². The Morgan fingerprint density at radius 3 is 2.88 bits per heavy atom. The third-order valence-electron chi connectivity index (χ3n) is 3.99. The Morgan fingerprint density at radius 2 is 2.12 bits per heavy atom. The summed E-state index contributed by atoms with van der Waals surface area (Å²) in [7, 11) is 1.31. The Labute approximate surface area is 146 Å². The van der Waals surface area contributed by atoms with Crippen molar-refractivity contribution in [2.75, 3.05) is 7.11 Å². The molecule has 0 radical (unpaired) electrons. The van der Waals surface area contributed by atoms with Gasteiger partial charge in [-0.2, -0.15) is 0 Å². The van der Waals surface area contributed by atoms with Gasteiger partial charge in [0, 0.05) is 18.2 Å². The van der Waals surface area contributed by atoms with E-state index < -0.39 is 5.97 Å². The van der Waals surface area contributed by atoms with Crippen molar-refractivity contribution < 1.29 is 19.1 Å². The summed E-state index contributed by atoms with van der Waals surface area (Å²) < 4.78 is 10.2. The monoisotopic (exact) mass is 337 g/mol. The van der Waals surface area contributed by atoms with Crippen LogP contribution >= 0.6 is 0 Å². The van der Waals surface area contributed by atoms with E-state index in [0.717, 1.165) is 12.8 Å². The minimum absolute atomic E-state index is 0.236. The van der Waals surface area contributed by atoms with E-state index in [1.807, 2.05) is 6.08 Å². The first-order valence-electron chi connectivity index (χ1n) is 8.07. The standard InChI is InChI=1S/C20H19NO4/c1-24-20(23)17-9-5-8-16(13-17)19(22)21-10-11-25-18(14-21)12-15-6-3-2-4-7-15/h2-3,5-6,8-11,13-14H,4,7,12H2,1H3. The fourth-order valence-electron chi connectivity index (χ4n) is 2.70. The van der Waals surface area contributed by atoms with Gasteiger partial charge in [0.05, 0.1) is 18.9 Å². The highest BCUT2D eigenvalue weighted by molar-refractivity contribution is 5.98. The molecule has 2 aliphatic rings. The maximum Gasteiger partial charge on any atom is 0.337 e. The molecular formula is C20H19NO4. The molecule has 5 heteroatoms. The van der Waals surface area contributed by atoms with Crippen LogP contribution in [0.25, 0.3) is 0 Å². The molecule has 0 N–H and O–H groups in total. The van der Waals surface area contributed by atoms with Crippen LogP contribution in [0.3, 0.4) is 0 Å². The van der Waals surface area contributed by atoms with Crippen LogP contribution < -0.4 is 0 Å². The van der Waals surface area contributed by atoms with E-state index in [-0.39, 0.29) is 5.91 Å². The van der Waals surface area contributed by atoms with Crippen LogP contribution in [0, 0.1) is 0 Å². The number of hydrogen-bond donors (Lipinski definition) is 0.